The molecule has 1 heterocycles. The summed E-state index contributed by atoms with van der Waals surface area (Å²) in [4.78, 5) is 21.6. The fraction of sp³-hybridized carbons (Fsp3) is 0.417. The SMILES string of the molecule is CCOc1cccc2sc(N(CCCN(C)C)C(=O)CCCS(=O)(=O)c3ccc(F)cc3)nc12. The number of thiazole rings is 1. The molecule has 3 aromatic rings. The summed E-state index contributed by atoms with van der Waals surface area (Å²) in [5, 5.41) is 0.576. The minimum Gasteiger partial charge on any atom is -0.492 e. The monoisotopic (exact) mass is 507 g/mol. The van der Waals surface area contributed by atoms with Crippen molar-refractivity contribution in [2.24, 2.45) is 0 Å². The molecule has 0 atom stereocenters. The van der Waals surface area contributed by atoms with E-state index in [-0.39, 0.29) is 29.4 Å². The second-order valence-electron chi connectivity index (χ2n) is 8.11. The third kappa shape index (κ3) is 6.74. The van der Waals surface area contributed by atoms with E-state index >= 15 is 0 Å². The van der Waals surface area contributed by atoms with Crippen molar-refractivity contribution in [2.45, 2.75) is 31.1 Å². The van der Waals surface area contributed by atoms with Crippen LogP contribution < -0.4 is 9.64 Å². The van der Waals surface area contributed by atoms with E-state index in [0.29, 0.717) is 29.5 Å². The highest BCUT2D eigenvalue weighted by Gasteiger charge is 2.22. The van der Waals surface area contributed by atoms with Crippen LogP contribution in [0.3, 0.4) is 0 Å². The number of hydrogen-bond donors (Lipinski definition) is 0. The Labute approximate surface area is 204 Å². The van der Waals surface area contributed by atoms with Gasteiger partial charge in [-0.2, -0.15) is 0 Å². The number of nitrogens with zero attached hydrogens (tertiary/aromatic N) is 3. The number of para-hydroxylation sites is 1. The molecule has 0 saturated heterocycles. The van der Waals surface area contributed by atoms with Crippen LogP contribution in [-0.4, -0.2) is 63.8 Å². The lowest BCUT2D eigenvalue weighted by atomic mass is 10.3. The fourth-order valence-electron chi connectivity index (χ4n) is 3.48. The number of fused-ring (bicyclic) bond motifs is 1. The third-order valence-corrected chi connectivity index (χ3v) is 8.03. The van der Waals surface area contributed by atoms with E-state index in [0.717, 1.165) is 29.8 Å². The molecule has 0 N–H and O–H groups in total. The number of aromatic nitrogens is 1. The van der Waals surface area contributed by atoms with Gasteiger partial charge in [-0.1, -0.05) is 17.4 Å². The summed E-state index contributed by atoms with van der Waals surface area (Å²) in [5.74, 6) is -0.186. The van der Waals surface area contributed by atoms with Gasteiger partial charge in [-0.3, -0.25) is 9.69 Å². The number of sulfone groups is 1. The molecule has 1 aromatic heterocycles. The van der Waals surface area contributed by atoms with Gasteiger partial charge in [0, 0.05) is 13.0 Å². The van der Waals surface area contributed by atoms with Crippen LogP contribution in [0, 0.1) is 5.82 Å². The standard InChI is InChI=1S/C24H30FN3O4S2/c1-4-32-20-8-5-9-21-23(20)26-24(33-21)28(16-7-15-27(2)3)22(29)10-6-17-34(30,31)19-13-11-18(25)12-14-19/h5,8-9,11-14H,4,6-7,10,15-17H2,1-3H3. The van der Waals surface area contributed by atoms with Crippen LogP contribution in [0.25, 0.3) is 10.2 Å². The predicted molar refractivity (Wildman–Crippen MR) is 134 cm³/mol. The van der Waals surface area contributed by atoms with Crippen molar-refractivity contribution >= 4 is 42.4 Å². The zero-order valence-corrected chi connectivity index (χ0v) is 21.3. The van der Waals surface area contributed by atoms with Gasteiger partial charge in [0.2, 0.25) is 5.91 Å². The van der Waals surface area contributed by atoms with Crippen LogP contribution in [0.1, 0.15) is 26.2 Å². The first-order valence-corrected chi connectivity index (χ1v) is 13.6. The molecule has 3 rings (SSSR count). The molecule has 0 aliphatic heterocycles. The maximum atomic E-state index is 13.2. The van der Waals surface area contributed by atoms with Crippen molar-refractivity contribution in [1.82, 2.24) is 9.88 Å². The van der Waals surface area contributed by atoms with Gasteiger partial charge in [0.1, 0.15) is 17.1 Å². The summed E-state index contributed by atoms with van der Waals surface area (Å²) in [5.41, 5.74) is 0.716. The number of carbonyl (C=O) groups is 1. The van der Waals surface area contributed by atoms with Crippen molar-refractivity contribution in [3.63, 3.8) is 0 Å². The highest BCUT2D eigenvalue weighted by Crippen LogP contribution is 2.34. The lowest BCUT2D eigenvalue weighted by Crippen LogP contribution is -2.33. The van der Waals surface area contributed by atoms with Crippen molar-refractivity contribution < 1.29 is 22.3 Å². The fourth-order valence-corrected chi connectivity index (χ4v) is 5.82. The minimum atomic E-state index is -3.60. The summed E-state index contributed by atoms with van der Waals surface area (Å²) >= 11 is 1.42. The second-order valence-corrected chi connectivity index (χ2v) is 11.2. The summed E-state index contributed by atoms with van der Waals surface area (Å²) < 4.78 is 44.8. The van der Waals surface area contributed by atoms with Crippen molar-refractivity contribution in [1.29, 1.82) is 0 Å². The van der Waals surface area contributed by atoms with Gasteiger partial charge in [-0.05, 0) is 76.8 Å². The molecule has 0 unspecified atom stereocenters. The van der Waals surface area contributed by atoms with Crippen molar-refractivity contribution in [3.8, 4) is 5.75 Å². The Morgan fingerprint density at radius 3 is 2.50 bits per heavy atom. The third-order valence-electron chi connectivity index (χ3n) is 5.17. The zero-order valence-electron chi connectivity index (χ0n) is 19.7. The minimum absolute atomic E-state index is 0.0545. The normalized spacial score (nSPS) is 11.8. The zero-order chi connectivity index (χ0) is 24.7. The molecule has 0 saturated carbocycles. The van der Waals surface area contributed by atoms with Gasteiger partial charge in [-0.25, -0.2) is 17.8 Å². The molecule has 0 radical (unpaired) electrons. The number of carbonyl (C=O) groups excluding carboxylic acids is 1. The Bertz CT molecular complexity index is 1210. The number of benzene rings is 2. The number of ether oxygens (including phenoxy) is 1. The Morgan fingerprint density at radius 2 is 1.82 bits per heavy atom. The van der Waals surface area contributed by atoms with E-state index < -0.39 is 15.7 Å². The Balaban J connectivity index is 1.74. The van der Waals surface area contributed by atoms with Crippen LogP contribution in [0.15, 0.2) is 47.4 Å². The quantitative estimate of drug-likeness (QED) is 0.339. The lowest BCUT2D eigenvalue weighted by molar-refractivity contribution is -0.118. The molecule has 0 bridgehead atoms. The number of rotatable bonds is 12. The Hall–Kier alpha value is -2.56. The summed E-state index contributed by atoms with van der Waals surface area (Å²) in [6.07, 6.45) is 0.981. The molecular formula is C24H30FN3O4S2. The predicted octanol–water partition coefficient (Wildman–Crippen LogP) is 4.37. The van der Waals surface area contributed by atoms with Gasteiger partial charge >= 0.3 is 0 Å². The first kappa shape index (κ1) is 26.1. The topological polar surface area (TPSA) is 79.8 Å². The van der Waals surface area contributed by atoms with Gasteiger partial charge < -0.3 is 9.64 Å². The van der Waals surface area contributed by atoms with E-state index in [1.807, 2.05) is 44.1 Å². The molecule has 0 fully saturated rings. The van der Waals surface area contributed by atoms with Gasteiger partial charge in [0.05, 0.1) is 22.0 Å². The number of halogens is 1. The lowest BCUT2D eigenvalue weighted by Gasteiger charge is -2.21. The second kappa shape index (κ2) is 11.7. The molecule has 10 heteroatoms. The molecule has 0 aliphatic carbocycles. The van der Waals surface area contributed by atoms with E-state index in [1.54, 1.807) is 4.90 Å². The Kier molecular flexibility index (Phi) is 8.98. The molecular weight excluding hydrogens is 477 g/mol. The molecule has 0 spiro atoms. The van der Waals surface area contributed by atoms with E-state index in [4.69, 9.17) is 9.72 Å². The first-order chi connectivity index (χ1) is 16.2. The van der Waals surface area contributed by atoms with Crippen molar-refractivity contribution in [3.05, 3.63) is 48.3 Å². The first-order valence-electron chi connectivity index (χ1n) is 11.2. The van der Waals surface area contributed by atoms with Crippen LogP contribution in [0.4, 0.5) is 9.52 Å². The Morgan fingerprint density at radius 1 is 1.09 bits per heavy atom. The van der Waals surface area contributed by atoms with Crippen LogP contribution in [0.5, 0.6) is 5.75 Å². The van der Waals surface area contributed by atoms with Crippen LogP contribution in [-0.2, 0) is 14.6 Å². The molecule has 184 valence electrons. The summed E-state index contributed by atoms with van der Waals surface area (Å²) in [6, 6.07) is 10.4. The highest BCUT2D eigenvalue weighted by atomic mass is 32.2. The summed E-state index contributed by atoms with van der Waals surface area (Å²) in [6.45, 7) is 3.70. The van der Waals surface area contributed by atoms with Crippen LogP contribution in [0.2, 0.25) is 0 Å². The maximum Gasteiger partial charge on any atom is 0.228 e. The molecule has 0 aliphatic rings. The molecule has 7 nitrogen and oxygen atoms in total. The van der Waals surface area contributed by atoms with E-state index in [2.05, 4.69) is 0 Å². The molecule has 2 aromatic carbocycles. The average molecular weight is 508 g/mol. The van der Waals surface area contributed by atoms with Crippen molar-refractivity contribution in [2.75, 3.05) is 44.4 Å². The largest absolute Gasteiger partial charge is 0.492 e. The van der Waals surface area contributed by atoms with Crippen LogP contribution >= 0.6 is 11.3 Å². The molecule has 34 heavy (non-hydrogen) atoms. The summed E-state index contributed by atoms with van der Waals surface area (Å²) in [7, 11) is 0.344. The number of hydrogen-bond acceptors (Lipinski definition) is 7. The van der Waals surface area contributed by atoms with E-state index in [1.165, 1.54) is 23.5 Å². The highest BCUT2D eigenvalue weighted by molar-refractivity contribution is 7.91. The van der Waals surface area contributed by atoms with Gasteiger partial charge in [-0.15, -0.1) is 0 Å². The van der Waals surface area contributed by atoms with E-state index in [9.17, 15) is 17.6 Å². The van der Waals surface area contributed by atoms with Gasteiger partial charge in [0.15, 0.2) is 15.0 Å². The molecule has 1 amide bonds. The maximum absolute atomic E-state index is 13.2. The average Bonchev–Trinajstić information content (AvgIpc) is 3.21. The van der Waals surface area contributed by atoms with Gasteiger partial charge in [0.25, 0.3) is 0 Å². The number of amides is 1. The smallest absolute Gasteiger partial charge is 0.228 e. The number of anilines is 1.